The second-order valence-electron chi connectivity index (χ2n) is 5.36. The first kappa shape index (κ1) is 17.8. The van der Waals surface area contributed by atoms with Gasteiger partial charge in [-0.1, -0.05) is 6.07 Å². The van der Waals surface area contributed by atoms with Crippen LogP contribution in [0.15, 0.2) is 34.5 Å². The van der Waals surface area contributed by atoms with Crippen LogP contribution in [0, 0.1) is 17.6 Å². The molecule has 0 spiro atoms. The fourth-order valence-corrected chi connectivity index (χ4v) is 2.96. The molecule has 1 aromatic rings. The van der Waals surface area contributed by atoms with E-state index in [0.717, 1.165) is 26.4 Å². The van der Waals surface area contributed by atoms with E-state index in [2.05, 4.69) is 4.99 Å². The molecule has 24 heavy (non-hydrogen) atoms. The molecule has 128 valence electrons. The second-order valence-corrected chi connectivity index (χ2v) is 5.36. The lowest BCUT2D eigenvalue weighted by atomic mass is 9.75. The van der Waals surface area contributed by atoms with Crippen molar-refractivity contribution in [3.05, 3.63) is 46.7 Å². The van der Waals surface area contributed by atoms with Gasteiger partial charge < -0.3 is 9.47 Å². The number of ether oxygens (including phenoxy) is 2. The van der Waals surface area contributed by atoms with Crippen LogP contribution in [0.4, 0.5) is 8.78 Å². The lowest BCUT2D eigenvalue weighted by Gasteiger charge is -2.31. The van der Waals surface area contributed by atoms with Gasteiger partial charge in [0.05, 0.1) is 19.8 Å². The van der Waals surface area contributed by atoms with Gasteiger partial charge in [-0.15, -0.1) is 0 Å². The Morgan fingerprint density at radius 1 is 1.08 bits per heavy atom. The number of hydrogen-bond donors (Lipinski definition) is 0. The van der Waals surface area contributed by atoms with Crippen LogP contribution in [0.5, 0.6) is 0 Å². The Hall–Kier alpha value is -2.57. The largest absolute Gasteiger partial charge is 0.468 e. The van der Waals surface area contributed by atoms with Crippen molar-refractivity contribution in [2.45, 2.75) is 19.8 Å². The second kappa shape index (κ2) is 6.90. The molecule has 0 aliphatic carbocycles. The maximum absolute atomic E-state index is 14.4. The standard InChI is InChI=1S/C17H17F2NO4/c1-8-12(16(21)23-3)15(13(9(2)20-8)17(22)24-4)14-10(18)6-5-7-11(14)19/h5-7,12,15H,1-4H3. The molecular formula is C17H17F2NO4. The molecule has 2 unspecified atom stereocenters. The first-order chi connectivity index (χ1) is 11.3. The van der Waals surface area contributed by atoms with Crippen LogP contribution in [0.25, 0.3) is 0 Å². The highest BCUT2D eigenvalue weighted by Gasteiger charge is 2.44. The molecule has 1 aliphatic rings. The van der Waals surface area contributed by atoms with Crippen LogP contribution >= 0.6 is 0 Å². The summed E-state index contributed by atoms with van der Waals surface area (Å²) in [6.45, 7) is 3.07. The number of hydrogen-bond acceptors (Lipinski definition) is 5. The molecule has 0 saturated heterocycles. The molecule has 0 N–H and O–H groups in total. The number of halogens is 2. The van der Waals surface area contributed by atoms with Crippen molar-refractivity contribution in [1.29, 1.82) is 0 Å². The van der Waals surface area contributed by atoms with E-state index >= 15 is 0 Å². The fourth-order valence-electron chi connectivity index (χ4n) is 2.96. The number of benzene rings is 1. The molecule has 0 aromatic heterocycles. The maximum Gasteiger partial charge on any atom is 0.336 e. The zero-order valence-electron chi connectivity index (χ0n) is 13.7. The molecule has 0 saturated carbocycles. The summed E-state index contributed by atoms with van der Waals surface area (Å²) in [6.07, 6.45) is 0. The van der Waals surface area contributed by atoms with Gasteiger partial charge in [0.15, 0.2) is 0 Å². The molecule has 1 aliphatic heterocycles. The summed E-state index contributed by atoms with van der Waals surface area (Å²) in [5.41, 5.74) is 0.0937. The highest BCUT2D eigenvalue weighted by Crippen LogP contribution is 2.41. The summed E-state index contributed by atoms with van der Waals surface area (Å²) < 4.78 is 38.2. The topological polar surface area (TPSA) is 65.0 Å². The van der Waals surface area contributed by atoms with Crippen molar-refractivity contribution >= 4 is 17.7 Å². The number of nitrogens with zero attached hydrogens (tertiary/aromatic N) is 1. The van der Waals surface area contributed by atoms with E-state index in [9.17, 15) is 18.4 Å². The number of rotatable bonds is 3. The van der Waals surface area contributed by atoms with Crippen LogP contribution in [0.3, 0.4) is 0 Å². The first-order valence-electron chi connectivity index (χ1n) is 7.19. The average Bonchev–Trinajstić information content (AvgIpc) is 2.53. The Labute approximate surface area is 138 Å². The first-order valence-corrected chi connectivity index (χ1v) is 7.19. The normalized spacial score (nSPS) is 20.5. The van der Waals surface area contributed by atoms with Crippen molar-refractivity contribution in [1.82, 2.24) is 0 Å². The Bertz CT molecular complexity index is 735. The molecule has 0 amide bonds. The van der Waals surface area contributed by atoms with E-state index in [1.54, 1.807) is 6.92 Å². The van der Waals surface area contributed by atoms with Crippen molar-refractivity contribution in [2.24, 2.45) is 10.9 Å². The summed E-state index contributed by atoms with van der Waals surface area (Å²) in [5.74, 6) is -5.61. The van der Waals surface area contributed by atoms with Crippen LogP contribution in [-0.2, 0) is 19.1 Å². The van der Waals surface area contributed by atoms with Crippen LogP contribution < -0.4 is 0 Å². The van der Waals surface area contributed by atoms with E-state index in [4.69, 9.17) is 9.47 Å². The van der Waals surface area contributed by atoms with Gasteiger partial charge in [0, 0.05) is 22.9 Å². The van der Waals surface area contributed by atoms with Gasteiger partial charge in [-0.2, -0.15) is 0 Å². The van der Waals surface area contributed by atoms with Gasteiger partial charge in [0.2, 0.25) is 0 Å². The Balaban J connectivity index is 2.78. The van der Waals surface area contributed by atoms with Crippen molar-refractivity contribution in [3.63, 3.8) is 0 Å². The lowest BCUT2D eigenvalue weighted by molar-refractivity contribution is -0.143. The molecule has 1 heterocycles. The molecular weight excluding hydrogens is 320 g/mol. The summed E-state index contributed by atoms with van der Waals surface area (Å²) in [6, 6.07) is 3.34. The van der Waals surface area contributed by atoms with Gasteiger partial charge >= 0.3 is 11.9 Å². The van der Waals surface area contributed by atoms with E-state index in [0.29, 0.717) is 5.71 Å². The minimum atomic E-state index is -1.22. The highest BCUT2D eigenvalue weighted by atomic mass is 19.1. The van der Waals surface area contributed by atoms with Gasteiger partial charge in [-0.25, -0.2) is 13.6 Å². The van der Waals surface area contributed by atoms with E-state index in [1.165, 1.54) is 13.0 Å². The third kappa shape index (κ3) is 2.93. The predicted molar refractivity (Wildman–Crippen MR) is 82.4 cm³/mol. The minimum absolute atomic E-state index is 0.0671. The molecule has 0 fully saturated rings. The van der Waals surface area contributed by atoms with E-state index in [1.807, 2.05) is 0 Å². The number of methoxy groups -OCH3 is 2. The minimum Gasteiger partial charge on any atom is -0.468 e. The summed E-state index contributed by atoms with van der Waals surface area (Å²) >= 11 is 0. The molecule has 2 atom stereocenters. The van der Waals surface area contributed by atoms with Gasteiger partial charge in [-0.3, -0.25) is 9.79 Å². The summed E-state index contributed by atoms with van der Waals surface area (Å²) in [4.78, 5) is 28.6. The van der Waals surface area contributed by atoms with Crippen LogP contribution in [0.2, 0.25) is 0 Å². The number of carbonyl (C=O) groups is 2. The summed E-state index contributed by atoms with van der Waals surface area (Å²) in [7, 11) is 2.31. The molecule has 0 radical (unpaired) electrons. The van der Waals surface area contributed by atoms with Gasteiger partial charge in [0.1, 0.15) is 17.6 Å². The average molecular weight is 337 g/mol. The summed E-state index contributed by atoms with van der Waals surface area (Å²) in [5, 5.41) is 0. The number of allylic oxidation sites excluding steroid dienone is 1. The zero-order valence-corrected chi connectivity index (χ0v) is 13.7. The molecule has 7 heteroatoms. The number of carbonyl (C=O) groups excluding carboxylic acids is 2. The fraction of sp³-hybridized carbons (Fsp3) is 0.353. The number of aliphatic imine (C=N–C) groups is 1. The van der Waals surface area contributed by atoms with Crippen molar-refractivity contribution in [2.75, 3.05) is 14.2 Å². The molecule has 1 aromatic carbocycles. The Morgan fingerprint density at radius 2 is 1.67 bits per heavy atom. The predicted octanol–water partition coefficient (Wildman–Crippen LogP) is 2.76. The van der Waals surface area contributed by atoms with Crippen molar-refractivity contribution < 1.29 is 27.8 Å². The van der Waals surface area contributed by atoms with E-state index < -0.39 is 35.4 Å². The molecule has 5 nitrogen and oxygen atoms in total. The molecule has 2 rings (SSSR count). The van der Waals surface area contributed by atoms with Crippen LogP contribution in [-0.4, -0.2) is 31.9 Å². The smallest absolute Gasteiger partial charge is 0.336 e. The van der Waals surface area contributed by atoms with Gasteiger partial charge in [-0.05, 0) is 26.0 Å². The third-order valence-corrected chi connectivity index (χ3v) is 4.00. The van der Waals surface area contributed by atoms with Crippen molar-refractivity contribution in [3.8, 4) is 0 Å². The highest BCUT2D eigenvalue weighted by molar-refractivity contribution is 6.06. The zero-order chi connectivity index (χ0) is 18.0. The van der Waals surface area contributed by atoms with Gasteiger partial charge in [0.25, 0.3) is 0 Å². The Kier molecular flexibility index (Phi) is 5.11. The monoisotopic (exact) mass is 337 g/mol. The molecule has 0 bridgehead atoms. The lowest BCUT2D eigenvalue weighted by Crippen LogP contribution is -2.36. The SMILES string of the molecule is COC(=O)C1=C(C)N=C(C)C(C(=O)OC)C1c1c(F)cccc1F. The van der Waals surface area contributed by atoms with Crippen LogP contribution in [0.1, 0.15) is 25.3 Å². The maximum atomic E-state index is 14.4. The number of esters is 2. The third-order valence-electron chi connectivity index (χ3n) is 4.00. The quantitative estimate of drug-likeness (QED) is 0.796. The van der Waals surface area contributed by atoms with E-state index in [-0.39, 0.29) is 16.8 Å². The Morgan fingerprint density at radius 3 is 2.17 bits per heavy atom.